The molecule has 0 bridgehead atoms. The third-order valence-electron chi connectivity index (χ3n) is 17.9. The van der Waals surface area contributed by atoms with Crippen LogP contribution in [0.5, 0.6) is 0 Å². The molecule has 16 rings (SSSR count). The second-order valence-electron chi connectivity index (χ2n) is 23.4. The molecule has 96 heavy (non-hydrogen) atoms. The molecule has 16 aromatic rings. The minimum Gasteiger partial charge on any atom is -0.308 e. The van der Waals surface area contributed by atoms with E-state index in [9.17, 15) is 5.26 Å². The van der Waals surface area contributed by atoms with Crippen LogP contribution in [0.2, 0.25) is 0 Å². The van der Waals surface area contributed by atoms with Crippen LogP contribution in [-0.2, 0) is 12.4 Å². The van der Waals surface area contributed by atoms with Gasteiger partial charge in [0.25, 0.3) is 0 Å². The van der Waals surface area contributed by atoms with Gasteiger partial charge in [-0.3, -0.25) is 19.9 Å². The van der Waals surface area contributed by atoms with Crippen molar-refractivity contribution in [1.29, 1.82) is 5.26 Å². The molecule has 0 fully saturated rings. The van der Waals surface area contributed by atoms with Crippen LogP contribution in [0.3, 0.4) is 0 Å². The Labute approximate surface area is 546 Å². The van der Waals surface area contributed by atoms with Crippen molar-refractivity contribution in [3.63, 3.8) is 0 Å². The molecule has 0 unspecified atom stereocenters. The maximum atomic E-state index is 16.1. The Morgan fingerprint density at radius 3 is 0.906 bits per heavy atom. The van der Waals surface area contributed by atoms with Gasteiger partial charge in [0.1, 0.15) is 11.6 Å². The highest BCUT2D eigenvalue weighted by atomic mass is 19.4. The number of pyridine rings is 4. The van der Waals surface area contributed by atoms with Crippen molar-refractivity contribution in [2.24, 2.45) is 0 Å². The number of hydrogen-bond donors (Lipinski definition) is 0. The second-order valence-corrected chi connectivity index (χ2v) is 23.4. The highest BCUT2D eigenvalue weighted by molar-refractivity contribution is 6.14. The van der Waals surface area contributed by atoms with Crippen molar-refractivity contribution >= 4 is 43.6 Å². The number of halogens is 6. The molecule has 0 atom stereocenters. The minimum atomic E-state index is -5.32. The van der Waals surface area contributed by atoms with E-state index >= 15 is 26.3 Å². The van der Waals surface area contributed by atoms with Crippen molar-refractivity contribution in [3.8, 4) is 118 Å². The summed E-state index contributed by atoms with van der Waals surface area (Å²) in [6.07, 6.45) is -3.80. The lowest BCUT2D eigenvalue weighted by Gasteiger charge is -2.24. The molecule has 0 saturated heterocycles. The van der Waals surface area contributed by atoms with Gasteiger partial charge in [-0.2, -0.15) is 31.6 Å². The van der Waals surface area contributed by atoms with E-state index in [1.54, 1.807) is 29.4 Å². The monoisotopic (exact) mass is 1260 g/mol. The fourth-order valence-electron chi connectivity index (χ4n) is 13.7. The predicted molar refractivity (Wildman–Crippen MR) is 370 cm³/mol. The van der Waals surface area contributed by atoms with Gasteiger partial charge in [0.2, 0.25) is 0 Å². The summed E-state index contributed by atoms with van der Waals surface area (Å²) in [4.78, 5) is 19.5. The smallest absolute Gasteiger partial charge is 0.308 e. The Morgan fingerprint density at radius 2 is 0.604 bits per heavy atom. The average Bonchev–Trinajstić information content (AvgIpc) is 1.48. The number of nitrogens with zero attached hydrogens (tertiary/aromatic N) is 7. The summed E-state index contributed by atoms with van der Waals surface area (Å²) >= 11 is 0. The third-order valence-corrected chi connectivity index (χ3v) is 17.9. The van der Waals surface area contributed by atoms with E-state index < -0.39 is 34.6 Å². The normalized spacial score (nSPS) is 11.8. The van der Waals surface area contributed by atoms with Crippen LogP contribution in [-0.4, -0.2) is 29.1 Å². The molecular formula is C83H49F6N7. The zero-order valence-electron chi connectivity index (χ0n) is 50.7. The molecule has 7 nitrogen and oxygen atoms in total. The first-order valence-corrected chi connectivity index (χ1v) is 30.9. The van der Waals surface area contributed by atoms with Crippen LogP contribution in [0.25, 0.3) is 156 Å². The van der Waals surface area contributed by atoms with E-state index in [0.29, 0.717) is 90.0 Å². The van der Waals surface area contributed by atoms with Gasteiger partial charge in [-0.1, -0.05) is 206 Å². The zero-order valence-corrected chi connectivity index (χ0v) is 50.7. The van der Waals surface area contributed by atoms with Gasteiger partial charge in [0.05, 0.1) is 67.3 Å². The average molecular weight is 1260 g/mol. The first-order chi connectivity index (χ1) is 46.9. The summed E-state index contributed by atoms with van der Waals surface area (Å²) in [5.74, 6) is 0. The van der Waals surface area contributed by atoms with Crippen LogP contribution in [0.15, 0.2) is 298 Å². The first kappa shape index (κ1) is 58.5. The molecule has 6 aromatic heterocycles. The zero-order chi connectivity index (χ0) is 65.2. The van der Waals surface area contributed by atoms with Gasteiger partial charge in [-0.05, 0) is 89.0 Å². The van der Waals surface area contributed by atoms with Crippen LogP contribution in [0.1, 0.15) is 16.7 Å². The second kappa shape index (κ2) is 23.5. The minimum absolute atomic E-state index is 0.173. The largest absolute Gasteiger partial charge is 0.417 e. The Morgan fingerprint density at radius 1 is 0.292 bits per heavy atom. The Kier molecular flexibility index (Phi) is 14.4. The Hall–Kier alpha value is -12.5. The molecule has 0 aliphatic rings. The lowest BCUT2D eigenvalue weighted by atomic mass is 9.90. The van der Waals surface area contributed by atoms with Crippen molar-refractivity contribution in [2.45, 2.75) is 12.4 Å². The Bertz CT molecular complexity index is 5440. The maximum Gasteiger partial charge on any atom is 0.417 e. The summed E-state index contributed by atoms with van der Waals surface area (Å²) in [5, 5.41) is 15.2. The van der Waals surface area contributed by atoms with Gasteiger partial charge in [-0.15, -0.1) is 0 Å². The number of alkyl halides is 6. The van der Waals surface area contributed by atoms with Gasteiger partial charge in [0, 0.05) is 102 Å². The molecule has 0 radical (unpaired) electrons. The highest BCUT2D eigenvalue weighted by Gasteiger charge is 2.42. The molecule has 0 saturated carbocycles. The van der Waals surface area contributed by atoms with Crippen LogP contribution in [0.4, 0.5) is 26.3 Å². The first-order valence-electron chi connectivity index (χ1n) is 30.9. The molecule has 0 N–H and O–H groups in total. The molecule has 6 heterocycles. The van der Waals surface area contributed by atoms with Gasteiger partial charge >= 0.3 is 12.4 Å². The van der Waals surface area contributed by atoms with Crippen molar-refractivity contribution in [1.82, 2.24) is 29.1 Å². The molecular weight excluding hydrogens is 1210 g/mol. The van der Waals surface area contributed by atoms with Crippen LogP contribution < -0.4 is 0 Å². The van der Waals surface area contributed by atoms with Crippen molar-refractivity contribution < 1.29 is 26.3 Å². The summed E-state index contributed by atoms with van der Waals surface area (Å²) in [7, 11) is 0. The maximum absolute atomic E-state index is 16.1. The molecule has 13 heteroatoms. The molecule has 0 amide bonds. The predicted octanol–water partition coefficient (Wildman–Crippen LogP) is 22.4. The molecule has 458 valence electrons. The highest BCUT2D eigenvalue weighted by Crippen LogP contribution is 2.51. The number of benzene rings is 10. The number of nitriles is 1. The van der Waals surface area contributed by atoms with Gasteiger partial charge in [-0.25, -0.2) is 0 Å². The van der Waals surface area contributed by atoms with E-state index in [-0.39, 0.29) is 16.9 Å². The van der Waals surface area contributed by atoms with E-state index in [2.05, 4.69) is 6.07 Å². The SMILES string of the molecule is N#Cc1c(-n2c3cc(-c4cccnc4-c4ccccc4)ccc3c3ccc(-c4cccnc4-c4ccccc4)cc32)ccc(-c2c(C(F)(F)F)cccc2C(F)(F)F)c1-n1c2cc(-c3cccnc3-c3ccccc3)ccc2c2ccc(-c3cccnc3-c3ccccc3)cc21. The van der Waals surface area contributed by atoms with E-state index in [1.165, 1.54) is 12.1 Å². The van der Waals surface area contributed by atoms with Gasteiger partial charge < -0.3 is 9.13 Å². The fraction of sp³-hybridized carbons (Fsp3) is 0.0241. The number of fused-ring (bicyclic) bond motifs is 6. The fourth-order valence-corrected chi connectivity index (χ4v) is 13.7. The Balaban J connectivity index is 1.07. The summed E-state index contributed by atoms with van der Waals surface area (Å²) in [6.45, 7) is 0. The summed E-state index contributed by atoms with van der Waals surface area (Å²) < 4.78 is 100. The molecule has 10 aromatic carbocycles. The van der Waals surface area contributed by atoms with E-state index in [0.717, 1.165) is 61.3 Å². The third kappa shape index (κ3) is 10.1. The van der Waals surface area contributed by atoms with E-state index in [4.69, 9.17) is 19.9 Å². The lowest BCUT2D eigenvalue weighted by molar-refractivity contribution is -0.142. The standard InChI is InChI=1S/C83H49F6N7/c84-82(85,86)69-30-13-31-70(83(87,88)89)76(69)67-40-41-71(95-72-46-55(59-26-14-42-91-77(59)51-18-5-1-6-19-51)32-36-63(72)64-37-33-56(47-73(64)95)60-27-15-43-92-78(60)52-20-7-2-8-21-52)68(50-90)81(67)96-74-48-57(61-28-16-44-93-79(61)53-22-9-3-10-23-53)34-38-65(74)66-39-35-58(49-75(66)96)62-29-17-45-94-80(62)54-24-11-4-12-25-54/h1-49H. The van der Waals surface area contributed by atoms with Crippen LogP contribution >= 0.6 is 0 Å². The summed E-state index contributed by atoms with van der Waals surface area (Å²) in [6, 6.07) is 84.7. The summed E-state index contributed by atoms with van der Waals surface area (Å²) in [5.41, 5.74) is 8.73. The number of rotatable bonds is 11. The molecule has 0 aliphatic heterocycles. The number of aromatic nitrogens is 6. The lowest BCUT2D eigenvalue weighted by Crippen LogP contribution is -2.16. The molecule has 0 spiro atoms. The van der Waals surface area contributed by atoms with Crippen molar-refractivity contribution in [3.05, 3.63) is 314 Å². The number of hydrogen-bond acceptors (Lipinski definition) is 5. The van der Waals surface area contributed by atoms with Crippen molar-refractivity contribution in [2.75, 3.05) is 0 Å². The quantitative estimate of drug-likeness (QED) is 0.120. The van der Waals surface area contributed by atoms with Crippen LogP contribution in [0, 0.1) is 11.3 Å². The molecule has 0 aliphatic carbocycles. The van der Waals surface area contributed by atoms with Gasteiger partial charge in [0.15, 0.2) is 0 Å². The van der Waals surface area contributed by atoms with E-state index in [1.807, 2.05) is 247 Å². The topological polar surface area (TPSA) is 85.2 Å².